The predicted molar refractivity (Wildman–Crippen MR) is 269 cm³/mol. The summed E-state index contributed by atoms with van der Waals surface area (Å²) in [7, 11) is 0. The fourth-order valence-corrected chi connectivity index (χ4v) is 8.20. The summed E-state index contributed by atoms with van der Waals surface area (Å²) >= 11 is 0. The highest BCUT2D eigenvalue weighted by molar-refractivity contribution is 5.76. The van der Waals surface area contributed by atoms with Crippen molar-refractivity contribution in [3.05, 3.63) is 36.5 Å². The molecule has 0 rings (SSSR count). The van der Waals surface area contributed by atoms with Crippen molar-refractivity contribution in [3.8, 4) is 0 Å². The SMILES string of the molecule is CCC/C=C\C/C=C\CCCCCCCC(=O)OCCCCCCCCCCC/C=C\CCCCCCCCCC(=O)NC(CO)C(O)CCCCCCCCCCCCCC. The second kappa shape index (κ2) is 51.7. The Morgan fingerprint density at radius 2 is 0.839 bits per heavy atom. The van der Waals surface area contributed by atoms with E-state index in [0.717, 1.165) is 51.4 Å². The standard InChI is InChI=1S/C56H105NO5/c1-3-5-7-9-11-13-15-25-30-34-38-42-46-50-56(61)62-51-47-43-39-35-31-27-24-22-20-18-17-19-21-23-26-29-33-37-41-45-49-55(60)57-53(52-58)54(59)48-44-40-36-32-28-16-14-12-10-8-6-4-2/h7,9,13,15,17,19,53-54,58-59H,3-6,8,10-12,14,16,18,20-52H2,1-2H3,(H,57,60)/b9-7-,15-13-,19-17-. The minimum atomic E-state index is -0.669. The van der Waals surface area contributed by atoms with Crippen LogP contribution in [0, 0.1) is 0 Å². The van der Waals surface area contributed by atoms with E-state index in [9.17, 15) is 19.8 Å². The summed E-state index contributed by atoms with van der Waals surface area (Å²) in [4.78, 5) is 24.4. The third-order valence-corrected chi connectivity index (χ3v) is 12.4. The number of amides is 1. The number of esters is 1. The van der Waals surface area contributed by atoms with Gasteiger partial charge in [0.15, 0.2) is 0 Å². The molecule has 3 N–H and O–H groups in total. The van der Waals surface area contributed by atoms with Gasteiger partial charge in [-0.2, -0.15) is 0 Å². The summed E-state index contributed by atoms with van der Waals surface area (Å²) in [6, 6.07) is -0.547. The fourth-order valence-electron chi connectivity index (χ4n) is 8.20. The number of carbonyl (C=O) groups is 2. The third kappa shape index (κ3) is 47.6. The molecule has 0 radical (unpaired) electrons. The zero-order valence-corrected chi connectivity index (χ0v) is 41.4. The van der Waals surface area contributed by atoms with E-state index >= 15 is 0 Å². The van der Waals surface area contributed by atoms with Crippen LogP contribution in [0.25, 0.3) is 0 Å². The summed E-state index contributed by atoms with van der Waals surface area (Å²) in [5.74, 6) is -0.0545. The summed E-state index contributed by atoms with van der Waals surface area (Å²) < 4.78 is 5.45. The highest BCUT2D eigenvalue weighted by Crippen LogP contribution is 2.16. The van der Waals surface area contributed by atoms with Crippen LogP contribution >= 0.6 is 0 Å². The number of unbranched alkanes of at least 4 members (excludes halogenated alkanes) is 33. The lowest BCUT2D eigenvalue weighted by molar-refractivity contribution is -0.143. The molecule has 0 heterocycles. The van der Waals surface area contributed by atoms with Crippen LogP contribution in [0.5, 0.6) is 0 Å². The number of nitrogens with one attached hydrogen (secondary N) is 1. The lowest BCUT2D eigenvalue weighted by Gasteiger charge is -2.22. The fraction of sp³-hybridized carbons (Fsp3) is 0.857. The Morgan fingerprint density at radius 3 is 1.31 bits per heavy atom. The second-order valence-electron chi connectivity index (χ2n) is 18.6. The lowest BCUT2D eigenvalue weighted by Crippen LogP contribution is -2.45. The van der Waals surface area contributed by atoms with E-state index in [4.69, 9.17) is 4.74 Å². The number of aliphatic hydroxyl groups excluding tert-OH is 2. The molecule has 2 atom stereocenters. The molecular formula is C56H105NO5. The van der Waals surface area contributed by atoms with E-state index in [-0.39, 0.29) is 18.5 Å². The van der Waals surface area contributed by atoms with Gasteiger partial charge < -0.3 is 20.3 Å². The number of rotatable bonds is 50. The molecule has 6 heteroatoms. The summed E-state index contributed by atoms with van der Waals surface area (Å²) in [5.41, 5.74) is 0. The Kier molecular flexibility index (Phi) is 50.1. The van der Waals surface area contributed by atoms with Crippen LogP contribution in [0.1, 0.15) is 284 Å². The van der Waals surface area contributed by atoms with Gasteiger partial charge >= 0.3 is 5.97 Å². The molecule has 0 fully saturated rings. The zero-order chi connectivity index (χ0) is 45.1. The minimum absolute atomic E-state index is 0.00961. The highest BCUT2D eigenvalue weighted by atomic mass is 16.5. The molecule has 0 aliphatic heterocycles. The molecule has 0 aromatic carbocycles. The van der Waals surface area contributed by atoms with Crippen LogP contribution in [0.2, 0.25) is 0 Å². The maximum absolute atomic E-state index is 12.4. The molecule has 0 aromatic rings. The predicted octanol–water partition coefficient (Wildman–Crippen LogP) is 16.5. The van der Waals surface area contributed by atoms with Crippen molar-refractivity contribution in [2.45, 2.75) is 296 Å². The largest absolute Gasteiger partial charge is 0.466 e. The minimum Gasteiger partial charge on any atom is -0.466 e. The van der Waals surface area contributed by atoms with E-state index in [1.54, 1.807) is 0 Å². The quantitative estimate of drug-likeness (QED) is 0.0321. The molecule has 0 aromatic heterocycles. The maximum Gasteiger partial charge on any atom is 0.305 e. The van der Waals surface area contributed by atoms with Gasteiger partial charge in [0.1, 0.15) is 0 Å². The highest BCUT2D eigenvalue weighted by Gasteiger charge is 2.20. The van der Waals surface area contributed by atoms with E-state index in [1.807, 2.05) is 0 Å². The summed E-state index contributed by atoms with van der Waals surface area (Å²) in [6.45, 7) is 4.86. The monoisotopic (exact) mass is 872 g/mol. The Balaban J connectivity index is 3.44. The normalized spacial score (nSPS) is 12.9. The van der Waals surface area contributed by atoms with Crippen molar-refractivity contribution >= 4 is 11.9 Å². The van der Waals surface area contributed by atoms with Crippen LogP contribution in [-0.4, -0.2) is 47.4 Å². The number of carbonyl (C=O) groups excluding carboxylic acids is 2. The van der Waals surface area contributed by atoms with Crippen molar-refractivity contribution in [2.24, 2.45) is 0 Å². The van der Waals surface area contributed by atoms with Crippen LogP contribution in [0.3, 0.4) is 0 Å². The Bertz CT molecular complexity index is 1010. The van der Waals surface area contributed by atoms with Crippen molar-refractivity contribution < 1.29 is 24.5 Å². The van der Waals surface area contributed by atoms with E-state index < -0.39 is 12.1 Å². The number of allylic oxidation sites excluding steroid dienone is 6. The summed E-state index contributed by atoms with van der Waals surface area (Å²) in [5, 5.41) is 23.2. The number of aliphatic hydroxyl groups is 2. The maximum atomic E-state index is 12.4. The molecular weight excluding hydrogens is 767 g/mol. The van der Waals surface area contributed by atoms with Crippen LogP contribution < -0.4 is 5.32 Å². The van der Waals surface area contributed by atoms with E-state index in [1.165, 1.54) is 199 Å². The van der Waals surface area contributed by atoms with Gasteiger partial charge in [0.2, 0.25) is 5.91 Å². The first-order valence-corrected chi connectivity index (χ1v) is 27.2. The van der Waals surface area contributed by atoms with Crippen molar-refractivity contribution in [1.82, 2.24) is 5.32 Å². The average molecular weight is 872 g/mol. The molecule has 2 unspecified atom stereocenters. The van der Waals surface area contributed by atoms with Crippen molar-refractivity contribution in [2.75, 3.05) is 13.2 Å². The van der Waals surface area contributed by atoms with E-state index in [2.05, 4.69) is 55.6 Å². The molecule has 6 nitrogen and oxygen atoms in total. The second-order valence-corrected chi connectivity index (χ2v) is 18.6. The first kappa shape index (κ1) is 60.1. The third-order valence-electron chi connectivity index (χ3n) is 12.4. The first-order chi connectivity index (χ1) is 30.5. The van der Waals surface area contributed by atoms with Gasteiger partial charge in [-0.15, -0.1) is 0 Å². The molecule has 0 aliphatic carbocycles. The number of hydrogen-bond acceptors (Lipinski definition) is 5. The average Bonchev–Trinajstić information content (AvgIpc) is 3.27. The Morgan fingerprint density at radius 1 is 0.452 bits per heavy atom. The molecule has 1 amide bonds. The smallest absolute Gasteiger partial charge is 0.305 e. The molecule has 0 bridgehead atoms. The van der Waals surface area contributed by atoms with E-state index in [0.29, 0.717) is 25.9 Å². The molecule has 364 valence electrons. The van der Waals surface area contributed by atoms with Gasteiger partial charge in [0.05, 0.1) is 25.4 Å². The van der Waals surface area contributed by atoms with Gasteiger partial charge in [-0.1, -0.05) is 230 Å². The Labute approximate surface area is 385 Å². The van der Waals surface area contributed by atoms with Crippen LogP contribution in [0.4, 0.5) is 0 Å². The Hall–Kier alpha value is -1.92. The van der Waals surface area contributed by atoms with Gasteiger partial charge in [-0.3, -0.25) is 9.59 Å². The first-order valence-electron chi connectivity index (χ1n) is 27.2. The number of ether oxygens (including phenoxy) is 1. The zero-order valence-electron chi connectivity index (χ0n) is 41.4. The number of hydrogen-bond donors (Lipinski definition) is 3. The summed E-state index contributed by atoms with van der Waals surface area (Å²) in [6.07, 6.45) is 62.7. The topological polar surface area (TPSA) is 95.9 Å². The molecule has 0 saturated heterocycles. The van der Waals surface area contributed by atoms with Gasteiger partial charge in [-0.25, -0.2) is 0 Å². The van der Waals surface area contributed by atoms with Crippen LogP contribution in [0.15, 0.2) is 36.5 Å². The van der Waals surface area contributed by atoms with Gasteiger partial charge in [0, 0.05) is 12.8 Å². The van der Waals surface area contributed by atoms with Crippen molar-refractivity contribution in [3.63, 3.8) is 0 Å². The van der Waals surface area contributed by atoms with Gasteiger partial charge in [-0.05, 0) is 77.0 Å². The van der Waals surface area contributed by atoms with Crippen LogP contribution in [-0.2, 0) is 14.3 Å². The van der Waals surface area contributed by atoms with Crippen molar-refractivity contribution in [1.29, 1.82) is 0 Å². The molecule has 62 heavy (non-hydrogen) atoms. The molecule has 0 aliphatic rings. The lowest BCUT2D eigenvalue weighted by atomic mass is 10.0. The molecule has 0 spiro atoms. The van der Waals surface area contributed by atoms with Gasteiger partial charge in [0.25, 0.3) is 0 Å². The molecule has 0 saturated carbocycles.